The summed E-state index contributed by atoms with van der Waals surface area (Å²) in [4.78, 5) is 1.11. The van der Waals surface area contributed by atoms with Gasteiger partial charge in [-0.1, -0.05) is 39.7 Å². The van der Waals surface area contributed by atoms with Gasteiger partial charge in [-0.05, 0) is 29.8 Å². The Bertz CT molecular complexity index is 469. The van der Waals surface area contributed by atoms with Crippen LogP contribution in [0.4, 0.5) is 0 Å². The molecule has 0 saturated carbocycles. The summed E-state index contributed by atoms with van der Waals surface area (Å²) < 4.78 is 1.82. The van der Waals surface area contributed by atoms with Crippen molar-refractivity contribution in [2.75, 3.05) is 0 Å². The third kappa shape index (κ3) is 2.64. The topological polar surface area (TPSA) is 38.0 Å². The van der Waals surface area contributed by atoms with Crippen LogP contribution in [-0.2, 0) is 0 Å². The van der Waals surface area contributed by atoms with Crippen LogP contribution in [0.1, 0.15) is 16.5 Å². The number of nitrogens with one attached hydrogen (secondary N) is 1. The SMILES string of the molecule is NNC(c1ccc(Br)cc1)c1ccc(Cl)s1. The van der Waals surface area contributed by atoms with Gasteiger partial charge in [0.2, 0.25) is 0 Å². The molecule has 2 rings (SSSR count). The number of rotatable bonds is 3. The average molecular weight is 318 g/mol. The minimum atomic E-state index is -0.00870. The Kier molecular flexibility index (Phi) is 4.00. The van der Waals surface area contributed by atoms with E-state index in [0.29, 0.717) is 0 Å². The highest BCUT2D eigenvalue weighted by Crippen LogP contribution is 2.30. The molecule has 1 unspecified atom stereocenters. The summed E-state index contributed by atoms with van der Waals surface area (Å²) in [5.74, 6) is 5.59. The van der Waals surface area contributed by atoms with E-state index < -0.39 is 0 Å². The second-order valence-corrected chi connectivity index (χ2v) is 5.96. The summed E-state index contributed by atoms with van der Waals surface area (Å²) in [6.45, 7) is 0. The molecule has 0 aliphatic rings. The minimum absolute atomic E-state index is 0.00870. The van der Waals surface area contributed by atoms with Crippen molar-refractivity contribution in [2.45, 2.75) is 6.04 Å². The molecular formula is C11H10BrClN2S. The number of nitrogens with two attached hydrogens (primary N) is 1. The summed E-state index contributed by atoms with van der Waals surface area (Å²) in [6, 6.07) is 11.9. The average Bonchev–Trinajstić information content (AvgIpc) is 2.69. The van der Waals surface area contributed by atoms with Gasteiger partial charge in [-0.2, -0.15) is 0 Å². The van der Waals surface area contributed by atoms with E-state index in [0.717, 1.165) is 19.2 Å². The van der Waals surface area contributed by atoms with Crippen LogP contribution >= 0.6 is 38.9 Å². The normalized spacial score (nSPS) is 12.7. The number of halogens is 2. The van der Waals surface area contributed by atoms with Crippen molar-refractivity contribution in [3.63, 3.8) is 0 Å². The van der Waals surface area contributed by atoms with Crippen molar-refractivity contribution < 1.29 is 0 Å². The zero-order chi connectivity index (χ0) is 11.5. The molecule has 5 heteroatoms. The van der Waals surface area contributed by atoms with Gasteiger partial charge in [0.05, 0.1) is 10.4 Å². The van der Waals surface area contributed by atoms with E-state index in [1.165, 1.54) is 11.3 Å². The Labute approximate surface area is 112 Å². The van der Waals surface area contributed by atoms with E-state index >= 15 is 0 Å². The zero-order valence-electron chi connectivity index (χ0n) is 8.28. The van der Waals surface area contributed by atoms with Crippen LogP contribution < -0.4 is 11.3 Å². The van der Waals surface area contributed by atoms with Crippen molar-refractivity contribution in [1.82, 2.24) is 5.43 Å². The van der Waals surface area contributed by atoms with Gasteiger partial charge < -0.3 is 0 Å². The first-order valence-corrected chi connectivity index (χ1v) is 6.66. The van der Waals surface area contributed by atoms with E-state index in [1.807, 2.05) is 36.4 Å². The Morgan fingerprint density at radius 2 is 1.88 bits per heavy atom. The van der Waals surface area contributed by atoms with E-state index in [-0.39, 0.29) is 6.04 Å². The number of hydrazine groups is 1. The van der Waals surface area contributed by atoms with Gasteiger partial charge in [-0.15, -0.1) is 11.3 Å². The lowest BCUT2D eigenvalue weighted by Gasteiger charge is -2.14. The highest BCUT2D eigenvalue weighted by atomic mass is 79.9. The fourth-order valence-electron chi connectivity index (χ4n) is 1.48. The zero-order valence-corrected chi connectivity index (χ0v) is 11.4. The van der Waals surface area contributed by atoms with Crippen LogP contribution in [0.25, 0.3) is 0 Å². The molecule has 0 spiro atoms. The Morgan fingerprint density at radius 1 is 1.19 bits per heavy atom. The monoisotopic (exact) mass is 316 g/mol. The van der Waals surface area contributed by atoms with Crippen LogP contribution in [0.5, 0.6) is 0 Å². The fraction of sp³-hybridized carbons (Fsp3) is 0.0909. The maximum absolute atomic E-state index is 5.92. The summed E-state index contributed by atoms with van der Waals surface area (Å²) >= 11 is 10.9. The maximum atomic E-state index is 5.92. The predicted octanol–water partition coefficient (Wildman–Crippen LogP) is 3.72. The minimum Gasteiger partial charge on any atom is -0.271 e. The summed E-state index contributed by atoms with van der Waals surface area (Å²) in [5, 5.41) is 0. The van der Waals surface area contributed by atoms with Crippen LogP contribution in [-0.4, -0.2) is 0 Å². The molecule has 0 aliphatic heterocycles. The largest absolute Gasteiger partial charge is 0.271 e. The van der Waals surface area contributed by atoms with E-state index in [4.69, 9.17) is 17.4 Å². The Balaban J connectivity index is 2.32. The lowest BCUT2D eigenvalue weighted by Crippen LogP contribution is -2.28. The van der Waals surface area contributed by atoms with E-state index in [1.54, 1.807) is 0 Å². The van der Waals surface area contributed by atoms with Crippen LogP contribution in [0.2, 0.25) is 4.34 Å². The van der Waals surface area contributed by atoms with Crippen LogP contribution in [0.3, 0.4) is 0 Å². The molecule has 2 nitrogen and oxygen atoms in total. The first-order valence-electron chi connectivity index (χ1n) is 4.67. The highest BCUT2D eigenvalue weighted by Gasteiger charge is 2.14. The second kappa shape index (κ2) is 5.29. The smallest absolute Gasteiger partial charge is 0.0931 e. The third-order valence-corrected chi connectivity index (χ3v) is 4.07. The fourth-order valence-corrected chi connectivity index (χ4v) is 2.90. The quantitative estimate of drug-likeness (QED) is 0.669. The number of benzene rings is 1. The molecule has 16 heavy (non-hydrogen) atoms. The van der Waals surface area contributed by atoms with Crippen molar-refractivity contribution in [3.8, 4) is 0 Å². The van der Waals surface area contributed by atoms with Crippen LogP contribution in [0, 0.1) is 0 Å². The van der Waals surface area contributed by atoms with Gasteiger partial charge >= 0.3 is 0 Å². The molecule has 1 aromatic carbocycles. The molecule has 1 aromatic heterocycles. The van der Waals surface area contributed by atoms with Gasteiger partial charge in [0, 0.05) is 9.35 Å². The van der Waals surface area contributed by atoms with Gasteiger partial charge in [0.1, 0.15) is 0 Å². The lowest BCUT2D eigenvalue weighted by molar-refractivity contribution is 0.646. The summed E-state index contributed by atoms with van der Waals surface area (Å²) in [6.07, 6.45) is 0. The van der Waals surface area contributed by atoms with Gasteiger partial charge in [-0.25, -0.2) is 5.43 Å². The van der Waals surface area contributed by atoms with Crippen LogP contribution in [0.15, 0.2) is 40.9 Å². The number of thiophene rings is 1. The molecule has 1 atom stereocenters. The summed E-state index contributed by atoms with van der Waals surface area (Å²) in [5.41, 5.74) is 3.92. The molecule has 3 N–H and O–H groups in total. The molecule has 1 heterocycles. The first-order chi connectivity index (χ1) is 7.70. The number of hydrogen-bond acceptors (Lipinski definition) is 3. The molecule has 0 saturated heterocycles. The van der Waals surface area contributed by atoms with Gasteiger partial charge in [0.15, 0.2) is 0 Å². The molecule has 0 aliphatic carbocycles. The van der Waals surface area contributed by atoms with Gasteiger partial charge in [0.25, 0.3) is 0 Å². The molecule has 2 aromatic rings. The lowest BCUT2D eigenvalue weighted by atomic mass is 10.1. The maximum Gasteiger partial charge on any atom is 0.0931 e. The molecule has 0 amide bonds. The summed E-state index contributed by atoms with van der Waals surface area (Å²) in [7, 11) is 0. The number of hydrogen-bond donors (Lipinski definition) is 2. The molecule has 0 radical (unpaired) electrons. The third-order valence-electron chi connectivity index (χ3n) is 2.25. The first kappa shape index (κ1) is 12.1. The van der Waals surface area contributed by atoms with Crippen molar-refractivity contribution in [3.05, 3.63) is 55.6 Å². The molecule has 0 fully saturated rings. The molecule has 0 bridgehead atoms. The molecule has 84 valence electrons. The molecular weight excluding hydrogens is 308 g/mol. The Hall–Kier alpha value is -0.390. The van der Waals surface area contributed by atoms with E-state index in [2.05, 4.69) is 21.4 Å². The van der Waals surface area contributed by atoms with Crippen molar-refractivity contribution >= 4 is 38.9 Å². The highest BCUT2D eigenvalue weighted by molar-refractivity contribution is 9.10. The predicted molar refractivity (Wildman–Crippen MR) is 72.6 cm³/mol. The second-order valence-electron chi connectivity index (χ2n) is 3.29. The van der Waals surface area contributed by atoms with Crippen molar-refractivity contribution in [2.24, 2.45) is 5.84 Å². The standard InChI is InChI=1S/C11H10BrClN2S/c12-8-3-1-7(2-4-8)11(15-14)9-5-6-10(13)16-9/h1-6,11,15H,14H2. The Morgan fingerprint density at radius 3 is 2.38 bits per heavy atom. The van der Waals surface area contributed by atoms with Crippen molar-refractivity contribution in [1.29, 1.82) is 0 Å². The van der Waals surface area contributed by atoms with Gasteiger partial charge in [-0.3, -0.25) is 5.84 Å². The van der Waals surface area contributed by atoms with E-state index in [9.17, 15) is 0 Å².